The van der Waals surface area contributed by atoms with E-state index in [2.05, 4.69) is 4.99 Å². The summed E-state index contributed by atoms with van der Waals surface area (Å²) in [4.78, 5) is 4.16. The number of nitrogens with zero attached hydrogens (tertiary/aromatic N) is 2. The Morgan fingerprint density at radius 1 is 1.00 bits per heavy atom. The van der Waals surface area contributed by atoms with Crippen molar-refractivity contribution in [3.63, 3.8) is 0 Å². The van der Waals surface area contributed by atoms with Crippen LogP contribution in [0, 0.1) is 6.92 Å². The Hall–Kier alpha value is -2.13. The summed E-state index contributed by atoms with van der Waals surface area (Å²) in [6, 6.07) is 17.0. The number of anilines is 1. The first-order chi connectivity index (χ1) is 8.25. The Bertz CT molecular complexity index is 491. The zero-order valence-electron chi connectivity index (χ0n) is 9.62. The molecule has 0 radical (unpaired) electrons. The quantitative estimate of drug-likeness (QED) is 0.493. The van der Waals surface area contributed by atoms with E-state index in [1.54, 1.807) is 0 Å². The predicted molar refractivity (Wildman–Crippen MR) is 70.0 cm³/mol. The van der Waals surface area contributed by atoms with Gasteiger partial charge in [0, 0.05) is 0 Å². The maximum Gasteiger partial charge on any atom is 0.122 e. The molecule has 0 bridgehead atoms. The van der Waals surface area contributed by atoms with Crippen LogP contribution in [-0.4, -0.2) is 11.5 Å². The van der Waals surface area contributed by atoms with Gasteiger partial charge in [-0.3, -0.25) is 5.21 Å². The maximum atomic E-state index is 9.76. The van der Waals surface area contributed by atoms with Crippen molar-refractivity contribution in [1.82, 2.24) is 0 Å². The monoisotopic (exact) mass is 226 g/mol. The molecule has 86 valence electrons. The van der Waals surface area contributed by atoms with Crippen LogP contribution in [0.15, 0.2) is 59.6 Å². The van der Waals surface area contributed by atoms with Gasteiger partial charge in [0.2, 0.25) is 0 Å². The Kier molecular flexibility index (Phi) is 3.52. The highest BCUT2D eigenvalue weighted by atomic mass is 16.5. The molecule has 2 aromatic carbocycles. The topological polar surface area (TPSA) is 35.8 Å². The number of hydroxylamine groups is 1. The van der Waals surface area contributed by atoms with E-state index in [4.69, 9.17) is 0 Å². The average molecular weight is 226 g/mol. The fourth-order valence-electron chi connectivity index (χ4n) is 1.40. The van der Waals surface area contributed by atoms with Crippen LogP contribution in [0.25, 0.3) is 0 Å². The van der Waals surface area contributed by atoms with Gasteiger partial charge in [-0.15, -0.1) is 0 Å². The summed E-state index contributed by atoms with van der Waals surface area (Å²) in [6.45, 7) is 2.00. The Morgan fingerprint density at radius 2 is 1.65 bits per heavy atom. The first-order valence-corrected chi connectivity index (χ1v) is 5.40. The fourth-order valence-corrected chi connectivity index (χ4v) is 1.40. The second-order valence-corrected chi connectivity index (χ2v) is 3.76. The van der Waals surface area contributed by atoms with Gasteiger partial charge in [-0.2, -0.15) is 0 Å². The molecule has 3 heteroatoms. The van der Waals surface area contributed by atoms with Gasteiger partial charge in [0.15, 0.2) is 0 Å². The van der Waals surface area contributed by atoms with Crippen molar-refractivity contribution in [3.8, 4) is 0 Å². The number of hydrogen-bond donors (Lipinski definition) is 1. The lowest BCUT2D eigenvalue weighted by molar-refractivity contribution is 0.317. The second-order valence-electron chi connectivity index (χ2n) is 3.76. The van der Waals surface area contributed by atoms with E-state index >= 15 is 0 Å². The number of para-hydroxylation sites is 1. The standard InChI is InChI=1S/C14H14N2O/c1-12-7-9-14(10-8-12)16(17)11-15-13-5-3-2-4-6-13/h2-11,17H,1H3. The van der Waals surface area contributed by atoms with Crippen molar-refractivity contribution >= 4 is 17.7 Å². The SMILES string of the molecule is Cc1ccc(N(O)C=Nc2ccccc2)cc1. The molecule has 3 nitrogen and oxygen atoms in total. The molecule has 0 atom stereocenters. The van der Waals surface area contributed by atoms with Gasteiger partial charge in [0.05, 0.1) is 11.4 Å². The van der Waals surface area contributed by atoms with Crippen LogP contribution in [-0.2, 0) is 0 Å². The highest BCUT2D eigenvalue weighted by Crippen LogP contribution is 2.13. The summed E-state index contributed by atoms with van der Waals surface area (Å²) >= 11 is 0. The highest BCUT2D eigenvalue weighted by Gasteiger charge is 1.98. The van der Waals surface area contributed by atoms with Crippen molar-refractivity contribution in [2.24, 2.45) is 4.99 Å². The van der Waals surface area contributed by atoms with Gasteiger partial charge in [-0.05, 0) is 31.2 Å². The van der Waals surface area contributed by atoms with Crippen LogP contribution in [0.4, 0.5) is 11.4 Å². The minimum absolute atomic E-state index is 0.690. The van der Waals surface area contributed by atoms with Crippen molar-refractivity contribution in [2.45, 2.75) is 6.92 Å². The molecule has 2 rings (SSSR count). The van der Waals surface area contributed by atoms with Gasteiger partial charge >= 0.3 is 0 Å². The van der Waals surface area contributed by atoms with Crippen LogP contribution in [0.5, 0.6) is 0 Å². The Labute approximate surface area is 101 Å². The number of benzene rings is 2. The van der Waals surface area contributed by atoms with Crippen LogP contribution in [0.2, 0.25) is 0 Å². The summed E-state index contributed by atoms with van der Waals surface area (Å²) < 4.78 is 0. The van der Waals surface area contributed by atoms with E-state index < -0.39 is 0 Å². The van der Waals surface area contributed by atoms with Crippen molar-refractivity contribution in [2.75, 3.05) is 5.06 Å². The van der Waals surface area contributed by atoms with Gasteiger partial charge in [-0.1, -0.05) is 35.9 Å². The smallest absolute Gasteiger partial charge is 0.122 e. The average Bonchev–Trinajstić information content (AvgIpc) is 2.38. The predicted octanol–water partition coefficient (Wildman–Crippen LogP) is 3.55. The van der Waals surface area contributed by atoms with Crippen LogP contribution < -0.4 is 5.06 Å². The molecular weight excluding hydrogens is 212 g/mol. The molecule has 1 N–H and O–H groups in total. The summed E-state index contributed by atoms with van der Waals surface area (Å²) in [5, 5.41) is 10.8. The number of aryl methyl sites for hydroxylation is 1. The van der Waals surface area contributed by atoms with Gasteiger partial charge in [0.1, 0.15) is 6.34 Å². The minimum atomic E-state index is 0.690. The third-order valence-electron chi connectivity index (χ3n) is 2.37. The molecule has 0 unspecified atom stereocenters. The Balaban J connectivity index is 2.09. The first-order valence-electron chi connectivity index (χ1n) is 5.40. The molecule has 0 saturated heterocycles. The van der Waals surface area contributed by atoms with Crippen LogP contribution >= 0.6 is 0 Å². The third-order valence-corrected chi connectivity index (χ3v) is 2.37. The van der Waals surface area contributed by atoms with Crippen molar-refractivity contribution in [3.05, 3.63) is 60.2 Å². The largest absolute Gasteiger partial charge is 0.283 e. The van der Waals surface area contributed by atoms with E-state index in [-0.39, 0.29) is 0 Å². The fraction of sp³-hybridized carbons (Fsp3) is 0.0714. The van der Waals surface area contributed by atoms with Crippen LogP contribution in [0.3, 0.4) is 0 Å². The van der Waals surface area contributed by atoms with E-state index in [0.717, 1.165) is 16.3 Å². The lowest BCUT2D eigenvalue weighted by Crippen LogP contribution is -2.14. The lowest BCUT2D eigenvalue weighted by atomic mass is 10.2. The zero-order chi connectivity index (χ0) is 12.1. The normalized spacial score (nSPS) is 10.7. The molecule has 0 aliphatic rings. The lowest BCUT2D eigenvalue weighted by Gasteiger charge is -2.10. The van der Waals surface area contributed by atoms with Gasteiger partial charge < -0.3 is 0 Å². The van der Waals surface area contributed by atoms with Crippen LogP contribution in [0.1, 0.15) is 5.56 Å². The zero-order valence-corrected chi connectivity index (χ0v) is 9.62. The minimum Gasteiger partial charge on any atom is -0.283 e. The van der Waals surface area contributed by atoms with E-state index in [1.807, 2.05) is 61.5 Å². The number of hydrogen-bond acceptors (Lipinski definition) is 2. The molecule has 0 aromatic heterocycles. The second kappa shape index (κ2) is 5.27. The first kappa shape index (κ1) is 11.4. The molecule has 0 amide bonds. The highest BCUT2D eigenvalue weighted by molar-refractivity contribution is 5.78. The molecule has 0 aliphatic carbocycles. The van der Waals surface area contributed by atoms with Gasteiger partial charge in [0.25, 0.3) is 0 Å². The third kappa shape index (κ3) is 3.16. The molecule has 0 fully saturated rings. The van der Waals surface area contributed by atoms with E-state index in [1.165, 1.54) is 6.34 Å². The Morgan fingerprint density at radius 3 is 2.29 bits per heavy atom. The molecule has 17 heavy (non-hydrogen) atoms. The molecule has 0 aliphatic heterocycles. The molecule has 0 spiro atoms. The molecule has 0 heterocycles. The van der Waals surface area contributed by atoms with E-state index in [0.29, 0.717) is 5.69 Å². The number of rotatable bonds is 3. The molecular formula is C14H14N2O. The molecule has 2 aromatic rings. The van der Waals surface area contributed by atoms with Crippen molar-refractivity contribution in [1.29, 1.82) is 0 Å². The summed E-state index contributed by atoms with van der Waals surface area (Å²) in [7, 11) is 0. The molecule has 0 saturated carbocycles. The van der Waals surface area contributed by atoms with E-state index in [9.17, 15) is 5.21 Å². The summed E-state index contributed by atoms with van der Waals surface area (Å²) in [5.74, 6) is 0. The summed E-state index contributed by atoms with van der Waals surface area (Å²) in [5.41, 5.74) is 2.65. The number of aliphatic imine (C=N–C) groups is 1. The maximum absolute atomic E-state index is 9.76. The van der Waals surface area contributed by atoms with Crippen molar-refractivity contribution < 1.29 is 5.21 Å². The van der Waals surface area contributed by atoms with Gasteiger partial charge in [-0.25, -0.2) is 10.1 Å². The summed E-state index contributed by atoms with van der Waals surface area (Å²) in [6.07, 6.45) is 1.39.